The Morgan fingerprint density at radius 3 is 2.16 bits per heavy atom. The van der Waals surface area contributed by atoms with E-state index in [4.69, 9.17) is 35.9 Å². The highest BCUT2D eigenvalue weighted by Gasteiger charge is 2.16. The van der Waals surface area contributed by atoms with Crippen molar-refractivity contribution >= 4 is 33.9 Å². The van der Waals surface area contributed by atoms with Gasteiger partial charge in [0.2, 0.25) is 0 Å². The van der Waals surface area contributed by atoms with Gasteiger partial charge in [-0.05, 0) is 60.1 Å². The van der Waals surface area contributed by atoms with Gasteiger partial charge in [-0.15, -0.1) is 0 Å². The number of thiocarbonyl (C=S) groups is 1. The van der Waals surface area contributed by atoms with E-state index in [1.54, 1.807) is 35.5 Å². The number of methoxy groups -OCH3 is 5. The molecular weight excluding hydrogens is 502 g/mol. The van der Waals surface area contributed by atoms with Crippen molar-refractivity contribution < 1.29 is 23.7 Å². The third kappa shape index (κ3) is 6.23. The quantitative estimate of drug-likeness (QED) is 0.239. The minimum absolute atomic E-state index is 0.568. The van der Waals surface area contributed by atoms with Gasteiger partial charge in [0, 0.05) is 54.1 Å². The first-order valence-electron chi connectivity index (χ1n) is 12.1. The summed E-state index contributed by atoms with van der Waals surface area (Å²) in [4.78, 5) is 5.48. The van der Waals surface area contributed by atoms with Gasteiger partial charge in [0.1, 0.15) is 17.2 Å². The molecule has 200 valence electrons. The molecule has 4 rings (SSSR count). The summed E-state index contributed by atoms with van der Waals surface area (Å²) in [5, 5.41) is 5.07. The number of fused-ring (bicyclic) bond motifs is 1. The number of nitrogens with zero attached hydrogens (tertiary/aromatic N) is 1. The van der Waals surface area contributed by atoms with Crippen LogP contribution in [0.5, 0.6) is 28.7 Å². The van der Waals surface area contributed by atoms with E-state index in [0.717, 1.165) is 34.3 Å². The molecule has 0 radical (unpaired) electrons. The van der Waals surface area contributed by atoms with Gasteiger partial charge in [-0.1, -0.05) is 6.07 Å². The molecular formula is C29H33N3O5S. The molecule has 4 aromatic rings. The first kappa shape index (κ1) is 26.9. The first-order chi connectivity index (χ1) is 18.5. The number of aromatic amines is 1. The summed E-state index contributed by atoms with van der Waals surface area (Å²) in [6.07, 6.45) is 2.81. The predicted octanol–water partition coefficient (Wildman–Crippen LogP) is 5.65. The Kier molecular flexibility index (Phi) is 8.81. The average molecular weight is 536 g/mol. The largest absolute Gasteiger partial charge is 0.497 e. The number of H-pyrrole nitrogens is 1. The minimum Gasteiger partial charge on any atom is -0.497 e. The maximum Gasteiger partial charge on any atom is 0.173 e. The zero-order valence-corrected chi connectivity index (χ0v) is 23.1. The van der Waals surface area contributed by atoms with Crippen LogP contribution in [0.2, 0.25) is 0 Å². The third-order valence-corrected chi connectivity index (χ3v) is 6.70. The Balaban J connectivity index is 1.60. The summed E-state index contributed by atoms with van der Waals surface area (Å²) >= 11 is 5.91. The summed E-state index contributed by atoms with van der Waals surface area (Å²) in [5.74, 6) is 3.53. The lowest BCUT2D eigenvalue weighted by molar-refractivity contribution is 0.353. The Morgan fingerprint density at radius 2 is 1.50 bits per heavy atom. The topological polar surface area (TPSA) is 77.2 Å². The number of benzene rings is 3. The lowest BCUT2D eigenvalue weighted by atomic mass is 10.1. The second kappa shape index (κ2) is 12.4. The molecule has 0 spiro atoms. The van der Waals surface area contributed by atoms with Crippen LogP contribution in [0, 0.1) is 0 Å². The zero-order valence-electron chi connectivity index (χ0n) is 22.3. The van der Waals surface area contributed by atoms with Crippen molar-refractivity contribution in [2.24, 2.45) is 0 Å². The van der Waals surface area contributed by atoms with E-state index < -0.39 is 0 Å². The zero-order chi connectivity index (χ0) is 27.1. The Morgan fingerprint density at radius 1 is 0.789 bits per heavy atom. The van der Waals surface area contributed by atoms with E-state index in [2.05, 4.69) is 21.3 Å². The van der Waals surface area contributed by atoms with Crippen molar-refractivity contribution in [1.82, 2.24) is 9.88 Å². The van der Waals surface area contributed by atoms with Gasteiger partial charge in [-0.2, -0.15) is 0 Å². The summed E-state index contributed by atoms with van der Waals surface area (Å²) < 4.78 is 27.2. The molecule has 1 heterocycles. The van der Waals surface area contributed by atoms with E-state index in [1.807, 2.05) is 54.7 Å². The van der Waals surface area contributed by atoms with E-state index >= 15 is 0 Å². The first-order valence-corrected chi connectivity index (χ1v) is 12.5. The number of rotatable bonds is 11. The molecule has 0 bridgehead atoms. The van der Waals surface area contributed by atoms with E-state index in [9.17, 15) is 0 Å². The van der Waals surface area contributed by atoms with Crippen molar-refractivity contribution in [3.8, 4) is 28.7 Å². The van der Waals surface area contributed by atoms with Crippen molar-refractivity contribution in [2.75, 3.05) is 47.4 Å². The molecule has 0 saturated heterocycles. The molecule has 0 aliphatic carbocycles. The molecule has 38 heavy (non-hydrogen) atoms. The van der Waals surface area contributed by atoms with Crippen LogP contribution in [0.15, 0.2) is 60.8 Å². The number of aromatic nitrogens is 1. The highest BCUT2D eigenvalue weighted by atomic mass is 32.1. The van der Waals surface area contributed by atoms with Crippen LogP contribution in [0.25, 0.3) is 10.9 Å². The number of hydrogen-bond donors (Lipinski definition) is 2. The van der Waals surface area contributed by atoms with Crippen LogP contribution in [0.1, 0.15) is 11.1 Å². The van der Waals surface area contributed by atoms with Gasteiger partial charge in [0.05, 0.1) is 35.5 Å². The second-order valence-corrected chi connectivity index (χ2v) is 9.00. The standard InChI is InChI=1S/C29H33N3O5S/c1-33-22-7-8-26-25(16-22)20(17-30-26)10-11-32(18-19-6-9-27(36-4)28(12-19)37-5)29(38)31-21-13-23(34-2)15-24(14-21)35-3/h6-9,12-17,30H,10-11,18H2,1-5H3,(H,31,38). The SMILES string of the molecule is COc1cc(NC(=S)N(CCc2c[nH]c3ccc(OC)cc23)Cc2ccc(OC)c(OC)c2)cc(OC)c1. The van der Waals surface area contributed by atoms with Gasteiger partial charge in [0.25, 0.3) is 0 Å². The van der Waals surface area contributed by atoms with Crippen LogP contribution in [0.3, 0.4) is 0 Å². The molecule has 0 saturated carbocycles. The monoisotopic (exact) mass is 535 g/mol. The fourth-order valence-electron chi connectivity index (χ4n) is 4.28. The molecule has 1 aromatic heterocycles. The van der Waals surface area contributed by atoms with Crippen molar-refractivity contribution in [3.05, 3.63) is 71.9 Å². The smallest absolute Gasteiger partial charge is 0.173 e. The van der Waals surface area contributed by atoms with Gasteiger partial charge >= 0.3 is 0 Å². The lowest BCUT2D eigenvalue weighted by Gasteiger charge is -2.27. The van der Waals surface area contributed by atoms with Crippen LogP contribution in [-0.2, 0) is 13.0 Å². The van der Waals surface area contributed by atoms with E-state index in [0.29, 0.717) is 41.2 Å². The predicted molar refractivity (Wildman–Crippen MR) is 154 cm³/mol. The van der Waals surface area contributed by atoms with E-state index in [-0.39, 0.29) is 0 Å². The maximum atomic E-state index is 5.91. The highest BCUT2D eigenvalue weighted by molar-refractivity contribution is 7.80. The minimum atomic E-state index is 0.568. The molecule has 3 aromatic carbocycles. The van der Waals surface area contributed by atoms with Crippen LogP contribution >= 0.6 is 12.2 Å². The molecule has 0 aliphatic rings. The Bertz CT molecular complexity index is 1380. The lowest BCUT2D eigenvalue weighted by Crippen LogP contribution is -2.35. The number of nitrogens with one attached hydrogen (secondary N) is 2. The van der Waals surface area contributed by atoms with Crippen LogP contribution < -0.4 is 29.0 Å². The van der Waals surface area contributed by atoms with E-state index in [1.165, 1.54) is 5.56 Å². The fourth-order valence-corrected chi connectivity index (χ4v) is 4.55. The van der Waals surface area contributed by atoms with Gasteiger partial charge in [0.15, 0.2) is 16.6 Å². The highest BCUT2D eigenvalue weighted by Crippen LogP contribution is 2.30. The van der Waals surface area contributed by atoms with Gasteiger partial charge in [-0.3, -0.25) is 0 Å². The summed E-state index contributed by atoms with van der Waals surface area (Å²) in [7, 11) is 8.18. The molecule has 0 fully saturated rings. The van der Waals surface area contributed by atoms with Crippen LogP contribution in [0.4, 0.5) is 5.69 Å². The van der Waals surface area contributed by atoms with Crippen LogP contribution in [-0.4, -0.2) is 57.1 Å². The van der Waals surface area contributed by atoms with Gasteiger partial charge in [-0.25, -0.2) is 0 Å². The van der Waals surface area contributed by atoms with Crippen molar-refractivity contribution in [2.45, 2.75) is 13.0 Å². The molecule has 8 nitrogen and oxygen atoms in total. The second-order valence-electron chi connectivity index (χ2n) is 8.62. The van der Waals surface area contributed by atoms with Crippen molar-refractivity contribution in [3.63, 3.8) is 0 Å². The Labute approximate surface area is 228 Å². The molecule has 0 amide bonds. The molecule has 9 heteroatoms. The number of ether oxygens (including phenoxy) is 5. The van der Waals surface area contributed by atoms with Gasteiger partial charge < -0.3 is 38.9 Å². The fraction of sp³-hybridized carbons (Fsp3) is 0.276. The third-order valence-electron chi connectivity index (χ3n) is 6.34. The molecule has 2 N–H and O–H groups in total. The summed E-state index contributed by atoms with van der Waals surface area (Å²) in [5.41, 5.74) is 4.06. The average Bonchev–Trinajstić information content (AvgIpc) is 3.36. The Hall–Kier alpha value is -4.11. The molecule has 0 aliphatic heterocycles. The van der Waals surface area contributed by atoms with Crippen molar-refractivity contribution in [1.29, 1.82) is 0 Å². The summed E-state index contributed by atoms with van der Waals surface area (Å²) in [6.45, 7) is 1.24. The molecule has 0 atom stereocenters. The maximum absolute atomic E-state index is 5.91. The summed E-state index contributed by atoms with van der Waals surface area (Å²) in [6, 6.07) is 17.5. The normalized spacial score (nSPS) is 10.7. The molecule has 0 unspecified atom stereocenters. The number of hydrogen-bond acceptors (Lipinski definition) is 6. The number of anilines is 1.